The van der Waals surface area contributed by atoms with E-state index in [1.54, 1.807) is 12.1 Å². The van der Waals surface area contributed by atoms with Crippen LogP contribution < -0.4 is 5.73 Å². The average molecular weight is 258 g/mol. The van der Waals surface area contributed by atoms with Crippen LogP contribution in [0.1, 0.15) is 0 Å². The van der Waals surface area contributed by atoms with Gasteiger partial charge >= 0.3 is 0 Å². The second-order valence-corrected chi connectivity index (χ2v) is 3.90. The standard InChI is InChI=1S/C10H6Cl2FN3/c11-6-4-7(12)8(13)3-5(6)9-1-2-10(14)16-15-9/h1-4H,(H2,14,16). The molecular weight excluding hydrogens is 252 g/mol. The molecule has 0 atom stereocenters. The molecule has 1 aromatic carbocycles. The highest BCUT2D eigenvalue weighted by Gasteiger charge is 2.10. The maximum Gasteiger partial charge on any atom is 0.146 e. The van der Waals surface area contributed by atoms with Crippen LogP contribution in [0.4, 0.5) is 10.2 Å². The SMILES string of the molecule is Nc1ccc(-c2cc(F)c(Cl)cc2Cl)nn1. The monoisotopic (exact) mass is 257 g/mol. The quantitative estimate of drug-likeness (QED) is 0.799. The Kier molecular flexibility index (Phi) is 2.94. The van der Waals surface area contributed by atoms with Crippen LogP contribution in [0.3, 0.4) is 0 Å². The van der Waals surface area contributed by atoms with Crippen molar-refractivity contribution in [3.05, 3.63) is 40.1 Å². The summed E-state index contributed by atoms with van der Waals surface area (Å²) in [6, 6.07) is 5.71. The second-order valence-electron chi connectivity index (χ2n) is 3.09. The van der Waals surface area contributed by atoms with Crippen LogP contribution in [0.25, 0.3) is 11.3 Å². The van der Waals surface area contributed by atoms with Gasteiger partial charge in [0.15, 0.2) is 0 Å². The predicted octanol–water partition coefficient (Wildman–Crippen LogP) is 3.17. The molecule has 1 heterocycles. The molecule has 0 aliphatic carbocycles. The third-order valence-corrected chi connectivity index (χ3v) is 2.57. The number of halogens is 3. The lowest BCUT2D eigenvalue weighted by molar-refractivity contribution is 0.628. The lowest BCUT2D eigenvalue weighted by Crippen LogP contribution is -1.94. The maximum absolute atomic E-state index is 13.3. The van der Waals surface area contributed by atoms with E-state index in [2.05, 4.69) is 10.2 Å². The van der Waals surface area contributed by atoms with Crippen LogP contribution in [0.5, 0.6) is 0 Å². The number of nitrogens with two attached hydrogens (primary N) is 1. The van der Waals surface area contributed by atoms with E-state index in [9.17, 15) is 4.39 Å². The molecule has 6 heteroatoms. The number of nitrogens with zero attached hydrogens (tertiary/aromatic N) is 2. The predicted molar refractivity (Wildman–Crippen MR) is 61.9 cm³/mol. The van der Waals surface area contributed by atoms with Gasteiger partial charge in [-0.3, -0.25) is 0 Å². The summed E-state index contributed by atoms with van der Waals surface area (Å²) in [7, 11) is 0. The van der Waals surface area contributed by atoms with Crippen molar-refractivity contribution in [1.29, 1.82) is 0 Å². The summed E-state index contributed by atoms with van der Waals surface area (Å²) >= 11 is 11.5. The van der Waals surface area contributed by atoms with Crippen molar-refractivity contribution < 1.29 is 4.39 Å². The van der Waals surface area contributed by atoms with Gasteiger partial charge in [-0.15, -0.1) is 10.2 Å². The molecule has 2 rings (SSSR count). The molecular formula is C10H6Cl2FN3. The molecule has 0 fully saturated rings. The van der Waals surface area contributed by atoms with Crippen molar-refractivity contribution in [3.8, 4) is 11.3 Å². The number of anilines is 1. The van der Waals surface area contributed by atoms with E-state index in [4.69, 9.17) is 28.9 Å². The molecule has 0 unspecified atom stereocenters. The third kappa shape index (κ3) is 2.08. The van der Waals surface area contributed by atoms with Crippen molar-refractivity contribution >= 4 is 29.0 Å². The van der Waals surface area contributed by atoms with Crippen LogP contribution in [-0.4, -0.2) is 10.2 Å². The molecule has 2 N–H and O–H groups in total. The van der Waals surface area contributed by atoms with Crippen molar-refractivity contribution in [2.24, 2.45) is 0 Å². The highest BCUT2D eigenvalue weighted by Crippen LogP contribution is 2.30. The van der Waals surface area contributed by atoms with Gasteiger partial charge in [-0.2, -0.15) is 0 Å². The first-order valence-electron chi connectivity index (χ1n) is 4.32. The molecule has 0 radical (unpaired) electrons. The summed E-state index contributed by atoms with van der Waals surface area (Å²) in [6.07, 6.45) is 0. The van der Waals surface area contributed by atoms with Crippen LogP contribution in [0, 0.1) is 5.82 Å². The minimum atomic E-state index is -0.556. The molecule has 0 saturated carbocycles. The zero-order valence-corrected chi connectivity index (χ0v) is 9.43. The summed E-state index contributed by atoms with van der Waals surface area (Å²) in [6.45, 7) is 0. The Hall–Kier alpha value is -1.39. The van der Waals surface area contributed by atoms with Crippen LogP contribution in [-0.2, 0) is 0 Å². The molecule has 0 spiro atoms. The van der Waals surface area contributed by atoms with Gasteiger partial charge in [0.05, 0.1) is 15.7 Å². The Morgan fingerprint density at radius 1 is 1.06 bits per heavy atom. The van der Waals surface area contributed by atoms with Gasteiger partial charge in [0.25, 0.3) is 0 Å². The molecule has 2 aromatic rings. The summed E-state index contributed by atoms with van der Waals surface area (Å²) in [4.78, 5) is 0. The van der Waals surface area contributed by atoms with E-state index in [0.29, 0.717) is 16.3 Å². The highest BCUT2D eigenvalue weighted by molar-refractivity contribution is 6.36. The Morgan fingerprint density at radius 2 is 1.81 bits per heavy atom. The van der Waals surface area contributed by atoms with Crippen LogP contribution >= 0.6 is 23.2 Å². The topological polar surface area (TPSA) is 51.8 Å². The summed E-state index contributed by atoms with van der Waals surface area (Å²) in [5.74, 6) is -0.269. The fourth-order valence-corrected chi connectivity index (χ4v) is 1.69. The average Bonchev–Trinajstić information content (AvgIpc) is 2.25. The normalized spacial score (nSPS) is 10.4. The molecule has 0 bridgehead atoms. The lowest BCUT2D eigenvalue weighted by atomic mass is 10.1. The van der Waals surface area contributed by atoms with E-state index in [0.717, 1.165) is 0 Å². The minimum absolute atomic E-state index is 0.0304. The first-order valence-corrected chi connectivity index (χ1v) is 5.07. The van der Waals surface area contributed by atoms with Gasteiger partial charge in [0, 0.05) is 5.56 Å². The fraction of sp³-hybridized carbons (Fsp3) is 0. The second kappa shape index (κ2) is 4.23. The number of aromatic nitrogens is 2. The minimum Gasteiger partial charge on any atom is -0.382 e. The number of hydrogen-bond acceptors (Lipinski definition) is 3. The van der Waals surface area contributed by atoms with Gasteiger partial charge < -0.3 is 5.73 Å². The summed E-state index contributed by atoms with van der Waals surface area (Å²) < 4.78 is 13.3. The molecule has 0 amide bonds. The Bertz CT molecular complexity index is 528. The van der Waals surface area contributed by atoms with E-state index in [1.807, 2.05) is 0 Å². The molecule has 0 aliphatic heterocycles. The number of benzene rings is 1. The molecule has 82 valence electrons. The van der Waals surface area contributed by atoms with E-state index in [1.165, 1.54) is 12.1 Å². The Balaban J connectivity index is 2.56. The van der Waals surface area contributed by atoms with E-state index >= 15 is 0 Å². The van der Waals surface area contributed by atoms with Crippen molar-refractivity contribution in [3.63, 3.8) is 0 Å². The van der Waals surface area contributed by atoms with Crippen molar-refractivity contribution in [2.45, 2.75) is 0 Å². The molecule has 1 aromatic heterocycles. The molecule has 0 saturated heterocycles. The summed E-state index contributed by atoms with van der Waals surface area (Å²) in [5, 5.41) is 7.75. The first kappa shape index (κ1) is 11.1. The van der Waals surface area contributed by atoms with Gasteiger partial charge in [-0.25, -0.2) is 4.39 Å². The van der Waals surface area contributed by atoms with Crippen molar-refractivity contribution in [2.75, 3.05) is 5.73 Å². The van der Waals surface area contributed by atoms with Crippen molar-refractivity contribution in [1.82, 2.24) is 10.2 Å². The number of hydrogen-bond donors (Lipinski definition) is 1. The van der Waals surface area contributed by atoms with E-state index < -0.39 is 5.82 Å². The Morgan fingerprint density at radius 3 is 2.44 bits per heavy atom. The summed E-state index contributed by atoms with van der Waals surface area (Å²) in [5.41, 5.74) is 6.26. The van der Waals surface area contributed by atoms with E-state index in [-0.39, 0.29) is 10.8 Å². The Labute approximate surface area is 101 Å². The highest BCUT2D eigenvalue weighted by atomic mass is 35.5. The number of rotatable bonds is 1. The fourth-order valence-electron chi connectivity index (χ4n) is 1.21. The largest absolute Gasteiger partial charge is 0.382 e. The molecule has 0 aliphatic rings. The smallest absolute Gasteiger partial charge is 0.146 e. The molecule has 16 heavy (non-hydrogen) atoms. The molecule has 3 nitrogen and oxygen atoms in total. The number of nitrogen functional groups attached to an aromatic ring is 1. The van der Waals surface area contributed by atoms with Gasteiger partial charge in [0.1, 0.15) is 11.6 Å². The van der Waals surface area contributed by atoms with Crippen LogP contribution in [0.2, 0.25) is 10.0 Å². The zero-order valence-electron chi connectivity index (χ0n) is 7.92. The van der Waals surface area contributed by atoms with Crippen LogP contribution in [0.15, 0.2) is 24.3 Å². The lowest BCUT2D eigenvalue weighted by Gasteiger charge is -2.04. The van der Waals surface area contributed by atoms with Gasteiger partial charge in [-0.1, -0.05) is 23.2 Å². The third-order valence-electron chi connectivity index (χ3n) is 1.97. The van der Waals surface area contributed by atoms with Gasteiger partial charge in [0.2, 0.25) is 0 Å². The maximum atomic E-state index is 13.3. The van der Waals surface area contributed by atoms with Gasteiger partial charge in [-0.05, 0) is 24.3 Å². The first-order chi connectivity index (χ1) is 7.58. The zero-order chi connectivity index (χ0) is 11.7.